The van der Waals surface area contributed by atoms with Gasteiger partial charge < -0.3 is 9.84 Å². The summed E-state index contributed by atoms with van der Waals surface area (Å²) < 4.78 is 5.33. The minimum Gasteiger partial charge on any atom is -0.481 e. The number of carboxylic acids is 1. The van der Waals surface area contributed by atoms with E-state index < -0.39 is 5.97 Å². The maximum absolute atomic E-state index is 10.4. The molecule has 0 aliphatic rings. The fourth-order valence-electron chi connectivity index (χ4n) is 1.04. The largest absolute Gasteiger partial charge is 0.481 e. The Morgan fingerprint density at radius 2 is 2.36 bits per heavy atom. The Morgan fingerprint density at radius 1 is 1.64 bits per heavy atom. The van der Waals surface area contributed by atoms with Gasteiger partial charge in [0, 0.05) is 12.3 Å². The molecule has 76 valence electrons. The van der Waals surface area contributed by atoms with Gasteiger partial charge in [0.25, 0.3) is 0 Å². The van der Waals surface area contributed by atoms with Crippen LogP contribution in [0.25, 0.3) is 0 Å². The van der Waals surface area contributed by atoms with E-state index in [0.717, 1.165) is 0 Å². The van der Waals surface area contributed by atoms with Crippen LogP contribution in [0.3, 0.4) is 0 Å². The molecule has 1 heterocycles. The molecule has 0 radical (unpaired) electrons. The number of pyridine rings is 1. The van der Waals surface area contributed by atoms with Gasteiger partial charge in [-0.05, 0) is 25.5 Å². The molecule has 0 atom stereocenters. The van der Waals surface area contributed by atoms with Crippen LogP contribution in [0.4, 0.5) is 0 Å². The molecule has 1 rings (SSSR count). The summed E-state index contributed by atoms with van der Waals surface area (Å²) in [5.74, 6) is -0.384. The molecule has 0 unspecified atom stereocenters. The van der Waals surface area contributed by atoms with Crippen molar-refractivity contribution >= 4 is 5.97 Å². The monoisotopic (exact) mass is 195 g/mol. The zero-order chi connectivity index (χ0) is 10.6. The first-order chi connectivity index (χ1) is 6.58. The molecule has 1 aromatic rings. The first-order valence-electron chi connectivity index (χ1n) is 4.41. The van der Waals surface area contributed by atoms with Gasteiger partial charge in [0.15, 0.2) is 0 Å². The third-order valence-corrected chi connectivity index (χ3v) is 1.51. The molecule has 4 nitrogen and oxygen atoms in total. The van der Waals surface area contributed by atoms with E-state index in [-0.39, 0.29) is 12.5 Å². The predicted molar refractivity (Wildman–Crippen MR) is 51.3 cm³/mol. The summed E-state index contributed by atoms with van der Waals surface area (Å²) in [4.78, 5) is 14.4. The highest BCUT2D eigenvalue weighted by Gasteiger charge is 2.03. The van der Waals surface area contributed by atoms with Crippen molar-refractivity contribution in [1.82, 2.24) is 4.98 Å². The number of ether oxygens (including phenoxy) is 1. The molecule has 1 aromatic heterocycles. The van der Waals surface area contributed by atoms with Gasteiger partial charge in [0.05, 0.1) is 12.5 Å². The molecule has 0 spiro atoms. The summed E-state index contributed by atoms with van der Waals surface area (Å²) in [5.41, 5.74) is 0.697. The van der Waals surface area contributed by atoms with Crippen molar-refractivity contribution in [3.8, 4) is 5.88 Å². The summed E-state index contributed by atoms with van der Waals surface area (Å²) in [5, 5.41) is 8.58. The van der Waals surface area contributed by atoms with Crippen molar-refractivity contribution in [3.05, 3.63) is 23.9 Å². The van der Waals surface area contributed by atoms with Gasteiger partial charge in [-0.2, -0.15) is 0 Å². The van der Waals surface area contributed by atoms with Gasteiger partial charge in [0.2, 0.25) is 5.88 Å². The van der Waals surface area contributed by atoms with E-state index >= 15 is 0 Å². The Balaban J connectivity index is 2.73. The van der Waals surface area contributed by atoms with Gasteiger partial charge in [-0.1, -0.05) is 0 Å². The van der Waals surface area contributed by atoms with Gasteiger partial charge in [0.1, 0.15) is 0 Å². The van der Waals surface area contributed by atoms with Gasteiger partial charge >= 0.3 is 5.97 Å². The number of aromatic nitrogens is 1. The highest BCUT2D eigenvalue weighted by molar-refractivity contribution is 5.70. The molecule has 0 aliphatic heterocycles. The maximum Gasteiger partial charge on any atom is 0.307 e. The molecule has 4 heteroatoms. The number of aliphatic carboxylic acids is 1. The summed E-state index contributed by atoms with van der Waals surface area (Å²) >= 11 is 0. The minimum atomic E-state index is -0.855. The number of nitrogens with zero attached hydrogens (tertiary/aromatic N) is 1. The van der Waals surface area contributed by atoms with Crippen molar-refractivity contribution < 1.29 is 14.6 Å². The molecule has 0 aromatic carbocycles. The molecule has 0 fully saturated rings. The second kappa shape index (κ2) is 4.60. The highest BCUT2D eigenvalue weighted by Crippen LogP contribution is 2.11. The molecule has 0 saturated carbocycles. The topological polar surface area (TPSA) is 59.4 Å². The maximum atomic E-state index is 10.4. The van der Waals surface area contributed by atoms with Crippen molar-refractivity contribution in [3.63, 3.8) is 0 Å². The fourth-order valence-corrected chi connectivity index (χ4v) is 1.04. The van der Waals surface area contributed by atoms with Crippen LogP contribution in [0.5, 0.6) is 5.88 Å². The van der Waals surface area contributed by atoms with Crippen LogP contribution in [0.2, 0.25) is 0 Å². The van der Waals surface area contributed by atoms with Crippen LogP contribution in [-0.4, -0.2) is 22.2 Å². The van der Waals surface area contributed by atoms with E-state index in [1.807, 2.05) is 13.8 Å². The average Bonchev–Trinajstić information content (AvgIpc) is 2.01. The van der Waals surface area contributed by atoms with Crippen LogP contribution in [0.1, 0.15) is 19.4 Å². The Hall–Kier alpha value is -1.58. The molecule has 1 N–H and O–H groups in total. The number of hydrogen-bond acceptors (Lipinski definition) is 3. The lowest BCUT2D eigenvalue weighted by Crippen LogP contribution is -2.07. The normalized spacial score (nSPS) is 10.2. The van der Waals surface area contributed by atoms with E-state index in [2.05, 4.69) is 4.98 Å². The number of carboxylic acid groups (broad SMARTS) is 1. The van der Waals surface area contributed by atoms with Crippen LogP contribution in [-0.2, 0) is 11.2 Å². The number of hydrogen-bond donors (Lipinski definition) is 1. The van der Waals surface area contributed by atoms with E-state index in [1.165, 1.54) is 0 Å². The zero-order valence-electron chi connectivity index (χ0n) is 8.23. The smallest absolute Gasteiger partial charge is 0.307 e. The predicted octanol–water partition coefficient (Wildman–Crippen LogP) is 1.50. The van der Waals surface area contributed by atoms with Crippen LogP contribution in [0.15, 0.2) is 18.3 Å². The second-order valence-corrected chi connectivity index (χ2v) is 3.24. The quantitative estimate of drug-likeness (QED) is 0.790. The van der Waals surface area contributed by atoms with Crippen molar-refractivity contribution in [2.45, 2.75) is 26.4 Å². The fraction of sp³-hybridized carbons (Fsp3) is 0.400. The lowest BCUT2D eigenvalue weighted by Gasteiger charge is -2.08. The first-order valence-corrected chi connectivity index (χ1v) is 4.41. The second-order valence-electron chi connectivity index (χ2n) is 3.24. The Kier molecular flexibility index (Phi) is 3.45. The first kappa shape index (κ1) is 10.5. The zero-order valence-corrected chi connectivity index (χ0v) is 8.23. The van der Waals surface area contributed by atoms with E-state index in [1.54, 1.807) is 18.3 Å². The number of rotatable bonds is 4. The Morgan fingerprint density at radius 3 is 2.93 bits per heavy atom. The third-order valence-electron chi connectivity index (χ3n) is 1.51. The van der Waals surface area contributed by atoms with Crippen molar-refractivity contribution in [2.75, 3.05) is 0 Å². The standard InChI is InChI=1S/C10H13NO3/c1-7(2)14-9-5-8(3-4-11-9)6-10(12)13/h3-5,7H,6H2,1-2H3,(H,12,13). The average molecular weight is 195 g/mol. The van der Waals surface area contributed by atoms with Gasteiger partial charge in [-0.3, -0.25) is 4.79 Å². The molecule has 0 saturated heterocycles. The van der Waals surface area contributed by atoms with Crippen molar-refractivity contribution in [1.29, 1.82) is 0 Å². The molecular formula is C10H13NO3. The molecule has 0 bridgehead atoms. The SMILES string of the molecule is CC(C)Oc1cc(CC(=O)O)ccn1. The van der Waals surface area contributed by atoms with Crippen LogP contribution in [0, 0.1) is 0 Å². The lowest BCUT2D eigenvalue weighted by molar-refractivity contribution is -0.136. The molecular weight excluding hydrogens is 182 g/mol. The number of carbonyl (C=O) groups is 1. The lowest BCUT2D eigenvalue weighted by atomic mass is 10.2. The molecule has 0 aliphatic carbocycles. The summed E-state index contributed by atoms with van der Waals surface area (Å²) in [7, 11) is 0. The van der Waals surface area contributed by atoms with Crippen LogP contribution >= 0.6 is 0 Å². The Bertz CT molecular complexity index is 323. The van der Waals surface area contributed by atoms with E-state index in [0.29, 0.717) is 11.4 Å². The molecule has 0 amide bonds. The van der Waals surface area contributed by atoms with E-state index in [4.69, 9.17) is 9.84 Å². The summed E-state index contributed by atoms with van der Waals surface area (Å²) in [6.07, 6.45) is 1.59. The van der Waals surface area contributed by atoms with Gasteiger partial charge in [-0.25, -0.2) is 4.98 Å². The summed E-state index contributed by atoms with van der Waals surface area (Å²) in [6, 6.07) is 3.31. The Labute approximate surface area is 82.5 Å². The van der Waals surface area contributed by atoms with E-state index in [9.17, 15) is 4.79 Å². The van der Waals surface area contributed by atoms with Crippen LogP contribution < -0.4 is 4.74 Å². The molecule has 14 heavy (non-hydrogen) atoms. The minimum absolute atomic E-state index is 0.00300. The van der Waals surface area contributed by atoms with Crippen molar-refractivity contribution in [2.24, 2.45) is 0 Å². The van der Waals surface area contributed by atoms with Gasteiger partial charge in [-0.15, -0.1) is 0 Å². The highest BCUT2D eigenvalue weighted by atomic mass is 16.5. The third kappa shape index (κ3) is 3.43. The summed E-state index contributed by atoms with van der Waals surface area (Å²) in [6.45, 7) is 3.79.